The van der Waals surface area contributed by atoms with Crippen LogP contribution in [0.15, 0.2) is 42.5 Å². The summed E-state index contributed by atoms with van der Waals surface area (Å²) in [6.45, 7) is 0. The Labute approximate surface area is 86.9 Å². The van der Waals surface area contributed by atoms with Crippen molar-refractivity contribution >= 4 is 11.6 Å². The summed E-state index contributed by atoms with van der Waals surface area (Å²) in [6.07, 6.45) is 0. The summed E-state index contributed by atoms with van der Waals surface area (Å²) in [6, 6.07) is 14.0. The minimum Gasteiger partial charge on any atom is -0.448 e. The number of ether oxygens (including phenoxy) is 1. The molecule has 0 radical (unpaired) electrons. The van der Waals surface area contributed by atoms with Crippen molar-refractivity contribution in [3.05, 3.63) is 47.5 Å². The van der Waals surface area contributed by atoms with Gasteiger partial charge in [-0.25, -0.2) is 0 Å². The zero-order chi connectivity index (χ0) is 9.54. The summed E-state index contributed by atoms with van der Waals surface area (Å²) in [5.74, 6) is 1.72. The van der Waals surface area contributed by atoms with Gasteiger partial charge in [0.2, 0.25) is 0 Å². The summed E-state index contributed by atoms with van der Waals surface area (Å²) in [5.41, 5.74) is 2.15. The van der Waals surface area contributed by atoms with E-state index in [2.05, 4.69) is 0 Å². The second-order valence-electron chi connectivity index (χ2n) is 3.22. The van der Waals surface area contributed by atoms with Gasteiger partial charge in [-0.1, -0.05) is 41.9 Å². The maximum absolute atomic E-state index is 6.15. The Bertz CT molecular complexity index is 491. The van der Waals surface area contributed by atoms with Crippen molar-refractivity contribution in [2.24, 2.45) is 0 Å². The monoisotopic (exact) mass is 202 g/mol. The molecule has 0 atom stereocenters. The molecule has 0 saturated heterocycles. The SMILES string of the molecule is Clc1c(-c2ccccc2)ccc2c1O2. The Morgan fingerprint density at radius 1 is 0.929 bits per heavy atom. The molecule has 14 heavy (non-hydrogen) atoms. The van der Waals surface area contributed by atoms with E-state index in [4.69, 9.17) is 16.3 Å². The average Bonchev–Trinajstić information content (AvgIpc) is 3.00. The highest BCUT2D eigenvalue weighted by Gasteiger charge is 2.25. The van der Waals surface area contributed by atoms with Gasteiger partial charge < -0.3 is 4.74 Å². The molecule has 0 N–H and O–H groups in total. The molecule has 0 bridgehead atoms. The van der Waals surface area contributed by atoms with E-state index in [1.807, 2.05) is 42.5 Å². The zero-order valence-electron chi connectivity index (χ0n) is 7.33. The first-order valence-corrected chi connectivity index (χ1v) is 4.80. The van der Waals surface area contributed by atoms with Crippen molar-refractivity contribution < 1.29 is 4.74 Å². The van der Waals surface area contributed by atoms with E-state index in [0.29, 0.717) is 5.02 Å². The van der Waals surface area contributed by atoms with Gasteiger partial charge in [0.1, 0.15) is 0 Å². The second-order valence-corrected chi connectivity index (χ2v) is 3.60. The molecule has 68 valence electrons. The number of rotatable bonds is 1. The molecule has 2 aromatic rings. The van der Waals surface area contributed by atoms with Gasteiger partial charge in [0, 0.05) is 5.56 Å². The van der Waals surface area contributed by atoms with Crippen LogP contribution in [0.3, 0.4) is 0 Å². The van der Waals surface area contributed by atoms with Gasteiger partial charge >= 0.3 is 0 Å². The maximum Gasteiger partial charge on any atom is 0.189 e. The van der Waals surface area contributed by atoms with E-state index < -0.39 is 0 Å². The minimum absolute atomic E-state index is 0.716. The second kappa shape index (κ2) is 2.76. The van der Waals surface area contributed by atoms with Crippen LogP contribution in [0.5, 0.6) is 11.5 Å². The number of hydrogen-bond donors (Lipinski definition) is 0. The number of fused-ring (bicyclic) bond motifs is 1. The Kier molecular flexibility index (Phi) is 1.55. The topological polar surface area (TPSA) is 12.5 Å². The van der Waals surface area contributed by atoms with Crippen LogP contribution in [0.1, 0.15) is 0 Å². The lowest BCUT2D eigenvalue weighted by atomic mass is 10.1. The Morgan fingerprint density at radius 2 is 1.71 bits per heavy atom. The average molecular weight is 203 g/mol. The van der Waals surface area contributed by atoms with E-state index in [0.717, 1.165) is 22.6 Å². The number of hydrogen-bond acceptors (Lipinski definition) is 1. The van der Waals surface area contributed by atoms with Crippen molar-refractivity contribution in [3.8, 4) is 22.6 Å². The van der Waals surface area contributed by atoms with Crippen molar-refractivity contribution in [1.29, 1.82) is 0 Å². The molecule has 0 aromatic heterocycles. The first kappa shape index (κ1) is 7.89. The molecule has 1 aliphatic heterocycles. The van der Waals surface area contributed by atoms with Crippen LogP contribution in [-0.2, 0) is 0 Å². The third-order valence-electron chi connectivity index (χ3n) is 2.32. The molecule has 2 heteroatoms. The van der Waals surface area contributed by atoms with Crippen LogP contribution in [0.4, 0.5) is 0 Å². The third kappa shape index (κ3) is 1.10. The molecule has 0 unspecified atom stereocenters. The van der Waals surface area contributed by atoms with Crippen LogP contribution in [-0.4, -0.2) is 0 Å². The number of halogens is 1. The van der Waals surface area contributed by atoms with Gasteiger partial charge in [-0.2, -0.15) is 0 Å². The molecule has 0 fully saturated rings. The van der Waals surface area contributed by atoms with Crippen molar-refractivity contribution in [2.45, 2.75) is 0 Å². The first-order valence-electron chi connectivity index (χ1n) is 4.42. The highest BCUT2D eigenvalue weighted by Crippen LogP contribution is 2.53. The number of benzene rings is 2. The van der Waals surface area contributed by atoms with Crippen LogP contribution in [0.25, 0.3) is 11.1 Å². The van der Waals surface area contributed by atoms with Gasteiger partial charge in [0.15, 0.2) is 11.5 Å². The highest BCUT2D eigenvalue weighted by atomic mass is 35.5. The Morgan fingerprint density at radius 3 is 2.50 bits per heavy atom. The molecule has 3 rings (SSSR count). The summed E-state index contributed by atoms with van der Waals surface area (Å²) < 4.78 is 5.20. The van der Waals surface area contributed by atoms with Gasteiger partial charge in [-0.15, -0.1) is 0 Å². The molecule has 0 saturated carbocycles. The normalized spacial score (nSPS) is 11.8. The molecular formula is C12H7ClO. The van der Waals surface area contributed by atoms with E-state index in [-0.39, 0.29) is 0 Å². The van der Waals surface area contributed by atoms with Gasteiger partial charge in [-0.05, 0) is 17.7 Å². The van der Waals surface area contributed by atoms with Crippen molar-refractivity contribution in [3.63, 3.8) is 0 Å². The van der Waals surface area contributed by atoms with E-state index in [1.54, 1.807) is 0 Å². The van der Waals surface area contributed by atoms with Crippen molar-refractivity contribution in [2.75, 3.05) is 0 Å². The summed E-state index contributed by atoms with van der Waals surface area (Å²) >= 11 is 6.15. The summed E-state index contributed by atoms with van der Waals surface area (Å²) in [7, 11) is 0. The summed E-state index contributed by atoms with van der Waals surface area (Å²) in [4.78, 5) is 0. The standard InChI is InChI=1S/C12H7ClO/c13-11-9(6-7-10-12(11)14-10)8-4-2-1-3-5-8/h1-7H. The minimum atomic E-state index is 0.716. The Balaban J connectivity index is 2.19. The van der Waals surface area contributed by atoms with Gasteiger partial charge in [0.05, 0.1) is 5.02 Å². The van der Waals surface area contributed by atoms with Gasteiger partial charge in [-0.3, -0.25) is 0 Å². The molecule has 1 nitrogen and oxygen atoms in total. The fraction of sp³-hybridized carbons (Fsp3) is 0. The van der Waals surface area contributed by atoms with E-state index >= 15 is 0 Å². The fourth-order valence-corrected chi connectivity index (χ4v) is 1.85. The molecule has 2 aromatic carbocycles. The van der Waals surface area contributed by atoms with Crippen LogP contribution < -0.4 is 4.74 Å². The molecule has 1 heterocycles. The highest BCUT2D eigenvalue weighted by molar-refractivity contribution is 6.35. The van der Waals surface area contributed by atoms with Crippen molar-refractivity contribution in [1.82, 2.24) is 0 Å². The Hall–Kier alpha value is -1.47. The predicted octanol–water partition coefficient (Wildman–Crippen LogP) is 4.11. The molecule has 0 spiro atoms. The van der Waals surface area contributed by atoms with Crippen LogP contribution in [0, 0.1) is 0 Å². The maximum atomic E-state index is 6.15. The molecule has 0 aliphatic carbocycles. The predicted molar refractivity (Wildman–Crippen MR) is 57.0 cm³/mol. The van der Waals surface area contributed by atoms with Gasteiger partial charge in [0.25, 0.3) is 0 Å². The quantitative estimate of drug-likeness (QED) is 0.541. The lowest BCUT2D eigenvalue weighted by Crippen LogP contribution is -1.75. The molecule has 1 aliphatic rings. The lowest BCUT2D eigenvalue weighted by Gasteiger charge is -2.00. The third-order valence-corrected chi connectivity index (χ3v) is 2.69. The van der Waals surface area contributed by atoms with E-state index in [9.17, 15) is 0 Å². The zero-order valence-corrected chi connectivity index (χ0v) is 8.08. The van der Waals surface area contributed by atoms with E-state index in [1.165, 1.54) is 0 Å². The smallest absolute Gasteiger partial charge is 0.189 e. The van der Waals surface area contributed by atoms with Crippen LogP contribution in [0.2, 0.25) is 5.02 Å². The largest absolute Gasteiger partial charge is 0.448 e. The summed E-state index contributed by atoms with van der Waals surface area (Å²) in [5, 5.41) is 0.716. The molecular weight excluding hydrogens is 196 g/mol. The van der Waals surface area contributed by atoms with Crippen LogP contribution >= 0.6 is 11.6 Å². The lowest BCUT2D eigenvalue weighted by molar-refractivity contribution is 0.650. The fourth-order valence-electron chi connectivity index (χ4n) is 1.54. The molecule has 0 amide bonds. The first-order chi connectivity index (χ1) is 6.86.